The van der Waals surface area contributed by atoms with E-state index in [0.29, 0.717) is 6.04 Å². The van der Waals surface area contributed by atoms with Crippen LogP contribution in [0.15, 0.2) is 42.7 Å². The summed E-state index contributed by atoms with van der Waals surface area (Å²) in [6.07, 6.45) is 7.63. The maximum Gasteiger partial charge on any atom is 0.0537 e. The zero-order valence-electron chi connectivity index (χ0n) is 11.8. The highest BCUT2D eigenvalue weighted by atomic mass is 15.3. The van der Waals surface area contributed by atoms with Gasteiger partial charge in [0.25, 0.3) is 0 Å². The molecule has 102 valence electrons. The molecule has 0 aliphatic rings. The Labute approximate surface area is 115 Å². The number of aromatic nitrogens is 2. The molecule has 3 heteroatoms. The molecule has 1 aromatic carbocycles. The van der Waals surface area contributed by atoms with Gasteiger partial charge in [0.1, 0.15) is 0 Å². The fourth-order valence-corrected chi connectivity index (χ4v) is 2.14. The third-order valence-corrected chi connectivity index (χ3v) is 3.53. The summed E-state index contributed by atoms with van der Waals surface area (Å²) in [7, 11) is 1.97. The molecule has 0 aliphatic carbocycles. The van der Waals surface area contributed by atoms with Crippen LogP contribution in [-0.4, -0.2) is 16.8 Å². The summed E-state index contributed by atoms with van der Waals surface area (Å²) in [5, 5.41) is 7.64. The van der Waals surface area contributed by atoms with Gasteiger partial charge in [-0.25, -0.2) is 0 Å². The van der Waals surface area contributed by atoms with Crippen molar-refractivity contribution in [3.8, 4) is 0 Å². The van der Waals surface area contributed by atoms with Crippen LogP contribution >= 0.6 is 0 Å². The molecule has 2 rings (SSSR count). The van der Waals surface area contributed by atoms with E-state index in [4.69, 9.17) is 0 Å². The Kier molecular flexibility index (Phi) is 5.16. The van der Waals surface area contributed by atoms with Crippen molar-refractivity contribution < 1.29 is 0 Å². The second-order valence-corrected chi connectivity index (χ2v) is 4.99. The number of nitrogens with zero attached hydrogens (tertiary/aromatic N) is 2. The lowest BCUT2D eigenvalue weighted by atomic mass is 10.1. The number of nitrogens with one attached hydrogen (secondary N) is 1. The number of hydrogen-bond donors (Lipinski definition) is 1. The number of unbranched alkanes of at least 4 members (excludes halogenated alkanes) is 1. The number of benzene rings is 1. The maximum atomic E-state index is 4.41. The first-order chi connectivity index (χ1) is 9.29. The maximum absolute atomic E-state index is 4.41. The van der Waals surface area contributed by atoms with Crippen LogP contribution in [0.5, 0.6) is 0 Å². The Bertz CT molecular complexity index is 476. The fraction of sp³-hybridized carbons (Fsp3) is 0.438. The van der Waals surface area contributed by atoms with Crippen molar-refractivity contribution in [2.45, 2.75) is 38.8 Å². The normalized spacial score (nSPS) is 12.5. The number of rotatable bonds is 7. The van der Waals surface area contributed by atoms with E-state index < -0.39 is 0 Å². The minimum absolute atomic E-state index is 0.373. The van der Waals surface area contributed by atoms with Gasteiger partial charge in [0.2, 0.25) is 0 Å². The molecule has 0 radical (unpaired) electrons. The van der Waals surface area contributed by atoms with Crippen LogP contribution in [0, 0.1) is 0 Å². The standard InChI is InChI=1S/C16H23N3/c1-14(17-2)16-12-18-19(13-16)11-7-6-10-15-8-4-3-5-9-15/h3-5,8-9,12-14,17H,6-7,10-11H2,1-2H3. The predicted octanol–water partition coefficient (Wildman–Crippen LogP) is 3.19. The van der Waals surface area contributed by atoms with E-state index in [1.54, 1.807) is 0 Å². The molecular weight excluding hydrogens is 234 g/mol. The molecule has 0 spiro atoms. The van der Waals surface area contributed by atoms with Gasteiger partial charge in [-0.3, -0.25) is 4.68 Å². The Balaban J connectivity index is 1.72. The average Bonchev–Trinajstić information content (AvgIpc) is 2.93. The third-order valence-electron chi connectivity index (χ3n) is 3.53. The molecule has 0 bridgehead atoms. The second kappa shape index (κ2) is 7.10. The molecule has 1 unspecified atom stereocenters. The van der Waals surface area contributed by atoms with Gasteiger partial charge in [-0.05, 0) is 38.8 Å². The van der Waals surface area contributed by atoms with E-state index in [0.717, 1.165) is 13.0 Å². The van der Waals surface area contributed by atoms with E-state index >= 15 is 0 Å². The van der Waals surface area contributed by atoms with Crippen molar-refractivity contribution in [3.05, 3.63) is 53.9 Å². The highest BCUT2D eigenvalue weighted by Gasteiger charge is 2.04. The highest BCUT2D eigenvalue weighted by molar-refractivity contribution is 5.14. The van der Waals surface area contributed by atoms with E-state index in [2.05, 4.69) is 53.9 Å². The zero-order valence-corrected chi connectivity index (χ0v) is 11.8. The molecule has 0 saturated carbocycles. The van der Waals surface area contributed by atoms with Gasteiger partial charge in [0, 0.05) is 24.3 Å². The summed E-state index contributed by atoms with van der Waals surface area (Å²) < 4.78 is 2.05. The van der Waals surface area contributed by atoms with Crippen LogP contribution in [0.3, 0.4) is 0 Å². The van der Waals surface area contributed by atoms with Gasteiger partial charge in [-0.1, -0.05) is 30.3 Å². The quantitative estimate of drug-likeness (QED) is 0.772. The molecule has 2 aromatic rings. The minimum atomic E-state index is 0.373. The van der Waals surface area contributed by atoms with Crippen molar-refractivity contribution in [2.24, 2.45) is 0 Å². The Morgan fingerprint density at radius 1 is 1.21 bits per heavy atom. The average molecular weight is 257 g/mol. The molecule has 0 fully saturated rings. The Morgan fingerprint density at radius 3 is 2.74 bits per heavy atom. The molecule has 19 heavy (non-hydrogen) atoms. The Morgan fingerprint density at radius 2 is 2.00 bits per heavy atom. The van der Waals surface area contributed by atoms with Crippen molar-refractivity contribution in [1.82, 2.24) is 15.1 Å². The summed E-state index contributed by atoms with van der Waals surface area (Å²) in [6.45, 7) is 3.15. The van der Waals surface area contributed by atoms with Crippen molar-refractivity contribution in [1.29, 1.82) is 0 Å². The van der Waals surface area contributed by atoms with Crippen molar-refractivity contribution in [3.63, 3.8) is 0 Å². The van der Waals surface area contributed by atoms with Crippen LogP contribution < -0.4 is 5.32 Å². The summed E-state index contributed by atoms with van der Waals surface area (Å²) >= 11 is 0. The van der Waals surface area contributed by atoms with Crippen LogP contribution in [0.2, 0.25) is 0 Å². The highest BCUT2D eigenvalue weighted by Crippen LogP contribution is 2.11. The first-order valence-electron chi connectivity index (χ1n) is 7.03. The van der Waals surface area contributed by atoms with Gasteiger partial charge in [0.05, 0.1) is 6.20 Å². The van der Waals surface area contributed by atoms with E-state index in [1.165, 1.54) is 24.0 Å². The van der Waals surface area contributed by atoms with Crippen molar-refractivity contribution in [2.75, 3.05) is 7.05 Å². The molecule has 1 atom stereocenters. The smallest absolute Gasteiger partial charge is 0.0537 e. The van der Waals surface area contributed by atoms with E-state index in [9.17, 15) is 0 Å². The largest absolute Gasteiger partial charge is 0.313 e. The molecule has 1 N–H and O–H groups in total. The lowest BCUT2D eigenvalue weighted by molar-refractivity contribution is 0.556. The van der Waals surface area contributed by atoms with Crippen LogP contribution in [0.1, 0.15) is 36.9 Å². The minimum Gasteiger partial charge on any atom is -0.313 e. The van der Waals surface area contributed by atoms with E-state index in [-0.39, 0.29) is 0 Å². The zero-order chi connectivity index (χ0) is 13.5. The number of aryl methyl sites for hydroxylation is 2. The molecule has 0 saturated heterocycles. The second-order valence-electron chi connectivity index (χ2n) is 4.99. The molecule has 3 nitrogen and oxygen atoms in total. The number of hydrogen-bond acceptors (Lipinski definition) is 2. The summed E-state index contributed by atoms with van der Waals surface area (Å²) in [5.41, 5.74) is 2.68. The topological polar surface area (TPSA) is 29.9 Å². The first kappa shape index (κ1) is 13.8. The summed E-state index contributed by atoms with van der Waals surface area (Å²) in [5.74, 6) is 0. The van der Waals surface area contributed by atoms with Crippen LogP contribution in [-0.2, 0) is 13.0 Å². The SMILES string of the molecule is CNC(C)c1cnn(CCCCc2ccccc2)c1. The van der Waals surface area contributed by atoms with Gasteiger partial charge in [-0.2, -0.15) is 5.10 Å². The summed E-state index contributed by atoms with van der Waals surface area (Å²) in [6, 6.07) is 11.0. The third kappa shape index (κ3) is 4.21. The Hall–Kier alpha value is -1.61. The monoisotopic (exact) mass is 257 g/mol. The molecule has 1 heterocycles. The molecule has 0 aliphatic heterocycles. The summed E-state index contributed by atoms with van der Waals surface area (Å²) in [4.78, 5) is 0. The lowest BCUT2D eigenvalue weighted by Crippen LogP contribution is -2.11. The molecular formula is C16H23N3. The van der Waals surface area contributed by atoms with Gasteiger partial charge in [0.15, 0.2) is 0 Å². The van der Waals surface area contributed by atoms with Crippen molar-refractivity contribution >= 4 is 0 Å². The lowest BCUT2D eigenvalue weighted by Gasteiger charge is -2.06. The first-order valence-corrected chi connectivity index (χ1v) is 7.03. The molecule has 1 aromatic heterocycles. The van der Waals surface area contributed by atoms with Crippen LogP contribution in [0.25, 0.3) is 0 Å². The molecule has 0 amide bonds. The predicted molar refractivity (Wildman–Crippen MR) is 79.1 cm³/mol. The van der Waals surface area contributed by atoms with Gasteiger partial charge in [-0.15, -0.1) is 0 Å². The van der Waals surface area contributed by atoms with E-state index in [1.807, 2.05) is 17.9 Å². The van der Waals surface area contributed by atoms with Gasteiger partial charge < -0.3 is 5.32 Å². The van der Waals surface area contributed by atoms with Crippen LogP contribution in [0.4, 0.5) is 0 Å². The van der Waals surface area contributed by atoms with Gasteiger partial charge >= 0.3 is 0 Å². The fourth-order valence-electron chi connectivity index (χ4n) is 2.14.